The van der Waals surface area contributed by atoms with E-state index in [0.717, 1.165) is 42.7 Å². The van der Waals surface area contributed by atoms with Gasteiger partial charge in [0.05, 0.1) is 38.6 Å². The quantitative estimate of drug-likeness (QED) is 0.399. The Morgan fingerprint density at radius 3 is 2.34 bits per heavy atom. The van der Waals surface area contributed by atoms with Crippen molar-refractivity contribution in [1.29, 1.82) is 0 Å². The van der Waals surface area contributed by atoms with Crippen LogP contribution in [0.15, 0.2) is 35.0 Å². The van der Waals surface area contributed by atoms with Crippen molar-refractivity contribution in [3.8, 4) is 29.5 Å². The van der Waals surface area contributed by atoms with Crippen LogP contribution in [0.3, 0.4) is 0 Å². The number of nitrogens with zero attached hydrogens (tertiary/aromatic N) is 7. The smallest absolute Gasteiger partial charge is 0.248 e. The van der Waals surface area contributed by atoms with Crippen molar-refractivity contribution >= 4 is 11.8 Å². The second-order valence-electron chi connectivity index (χ2n) is 9.89. The van der Waals surface area contributed by atoms with Gasteiger partial charge in [0.2, 0.25) is 23.5 Å². The molecule has 1 aliphatic rings. The van der Waals surface area contributed by atoms with Crippen molar-refractivity contribution in [1.82, 2.24) is 45.6 Å². The Labute approximate surface area is 239 Å². The van der Waals surface area contributed by atoms with Gasteiger partial charge in [-0.2, -0.15) is 4.98 Å². The minimum atomic E-state index is -0.0422. The monoisotopic (exact) mass is 563 g/mol. The molecule has 2 N–H and O–H groups in total. The van der Waals surface area contributed by atoms with Crippen molar-refractivity contribution in [2.75, 3.05) is 52.9 Å². The lowest BCUT2D eigenvalue weighted by Crippen LogP contribution is -2.40. The maximum atomic E-state index is 12.6. The van der Waals surface area contributed by atoms with Crippen molar-refractivity contribution in [3.05, 3.63) is 42.0 Å². The van der Waals surface area contributed by atoms with Crippen LogP contribution in [0.1, 0.15) is 37.3 Å². The fourth-order valence-corrected chi connectivity index (χ4v) is 4.48. The van der Waals surface area contributed by atoms with E-state index in [2.05, 4.69) is 41.9 Å². The van der Waals surface area contributed by atoms with Gasteiger partial charge in [-0.25, -0.2) is 4.68 Å². The van der Waals surface area contributed by atoms with E-state index in [1.807, 2.05) is 35.4 Å². The summed E-state index contributed by atoms with van der Waals surface area (Å²) in [6.07, 6.45) is 10.6. The van der Waals surface area contributed by atoms with Crippen LogP contribution < -0.4 is 15.4 Å². The van der Waals surface area contributed by atoms with Crippen LogP contribution in [-0.2, 0) is 22.7 Å². The number of carbonyl (C=O) groups excluding carboxylic acids is 2. The molecule has 3 aromatic rings. The zero-order valence-corrected chi connectivity index (χ0v) is 23.4. The first-order chi connectivity index (χ1) is 20.0. The minimum absolute atomic E-state index is 0.0291. The summed E-state index contributed by atoms with van der Waals surface area (Å²) in [6.45, 7) is 4.23. The Balaban J connectivity index is 1.35. The predicted molar refractivity (Wildman–Crippen MR) is 150 cm³/mol. The molecule has 0 atom stereocenters. The van der Waals surface area contributed by atoms with E-state index >= 15 is 0 Å². The standard InChI is InChI=1S/C28H37N9O4/c1-3-14-35-15-6-7-16-36(20-26(39)30-13-5-4-12-29-25(38)19-35)17-23-18-37(34-32-23)21-27-31-28(33-41-27)22-8-10-24(40-2)11-9-22/h1,8-11,18H,4-7,12-17,19-21H2,2H3,(H,29,38)(H,30,39). The van der Waals surface area contributed by atoms with Crippen molar-refractivity contribution < 1.29 is 18.8 Å². The number of terminal acetylenes is 1. The van der Waals surface area contributed by atoms with E-state index < -0.39 is 0 Å². The highest BCUT2D eigenvalue weighted by Gasteiger charge is 2.16. The summed E-state index contributed by atoms with van der Waals surface area (Å²) in [5.74, 6) is 4.20. The largest absolute Gasteiger partial charge is 0.497 e. The highest BCUT2D eigenvalue weighted by molar-refractivity contribution is 5.78. The molecular formula is C28H37N9O4. The number of methoxy groups -OCH3 is 1. The van der Waals surface area contributed by atoms with Crippen molar-refractivity contribution in [2.24, 2.45) is 0 Å². The Bertz CT molecular complexity index is 1300. The molecule has 4 rings (SSSR count). The first-order valence-corrected chi connectivity index (χ1v) is 13.8. The van der Waals surface area contributed by atoms with Gasteiger partial charge in [-0.15, -0.1) is 11.5 Å². The molecule has 13 nitrogen and oxygen atoms in total. The van der Waals surface area contributed by atoms with E-state index in [-0.39, 0.29) is 31.4 Å². The summed E-state index contributed by atoms with van der Waals surface area (Å²) < 4.78 is 12.2. The van der Waals surface area contributed by atoms with Gasteiger partial charge in [0, 0.05) is 25.2 Å². The molecule has 13 heteroatoms. The van der Waals surface area contributed by atoms with Crippen LogP contribution in [0.2, 0.25) is 0 Å². The molecule has 1 saturated heterocycles. The van der Waals surface area contributed by atoms with Gasteiger partial charge >= 0.3 is 0 Å². The third kappa shape index (κ3) is 9.70. The molecule has 0 aliphatic carbocycles. The zero-order chi connectivity index (χ0) is 28.9. The SMILES string of the molecule is C#CCN1CCCCN(Cc2cn(Cc3nc(-c4ccc(OC)cc4)no3)nn2)CC(=O)NCCCCNC(=O)C1. The molecule has 0 radical (unpaired) electrons. The number of rotatable bonds is 7. The van der Waals surface area contributed by atoms with Crippen molar-refractivity contribution in [2.45, 2.75) is 38.8 Å². The number of hydrogen-bond acceptors (Lipinski definition) is 10. The van der Waals surface area contributed by atoms with Gasteiger partial charge in [-0.1, -0.05) is 16.3 Å². The summed E-state index contributed by atoms with van der Waals surface area (Å²) in [7, 11) is 1.61. The molecule has 41 heavy (non-hydrogen) atoms. The summed E-state index contributed by atoms with van der Waals surface area (Å²) in [5, 5.41) is 18.5. The van der Waals surface area contributed by atoms with Crippen LogP contribution in [0.25, 0.3) is 11.4 Å². The molecule has 3 heterocycles. The molecule has 2 aromatic heterocycles. The lowest BCUT2D eigenvalue weighted by molar-refractivity contribution is -0.123. The molecule has 218 valence electrons. The maximum Gasteiger partial charge on any atom is 0.248 e. The molecule has 2 amide bonds. The molecule has 1 aromatic carbocycles. The topological polar surface area (TPSA) is 144 Å². The summed E-state index contributed by atoms with van der Waals surface area (Å²) in [4.78, 5) is 33.4. The van der Waals surface area contributed by atoms with Crippen LogP contribution in [-0.4, -0.2) is 99.7 Å². The summed E-state index contributed by atoms with van der Waals surface area (Å²) >= 11 is 0. The highest BCUT2D eigenvalue weighted by atomic mass is 16.5. The van der Waals surface area contributed by atoms with E-state index in [1.54, 1.807) is 11.8 Å². The fourth-order valence-electron chi connectivity index (χ4n) is 4.48. The number of hydrogen-bond donors (Lipinski definition) is 2. The first-order valence-electron chi connectivity index (χ1n) is 13.8. The van der Waals surface area contributed by atoms with Gasteiger partial charge < -0.3 is 19.9 Å². The average Bonchev–Trinajstić information content (AvgIpc) is 3.62. The Morgan fingerprint density at radius 1 is 0.976 bits per heavy atom. The summed E-state index contributed by atoms with van der Waals surface area (Å²) in [5.41, 5.74) is 1.55. The number of amides is 2. The van der Waals surface area contributed by atoms with E-state index in [1.165, 1.54) is 0 Å². The normalized spacial score (nSPS) is 17.0. The lowest BCUT2D eigenvalue weighted by Gasteiger charge is -2.23. The second kappa shape index (κ2) is 15.5. The fraction of sp³-hybridized carbons (Fsp3) is 0.500. The lowest BCUT2D eigenvalue weighted by atomic mass is 10.2. The minimum Gasteiger partial charge on any atom is -0.497 e. The number of ether oxygens (including phenoxy) is 1. The highest BCUT2D eigenvalue weighted by Crippen LogP contribution is 2.20. The van der Waals surface area contributed by atoms with Gasteiger partial charge in [-0.3, -0.25) is 19.4 Å². The number of nitrogens with one attached hydrogen (secondary N) is 2. The number of carbonyl (C=O) groups is 2. The van der Waals surface area contributed by atoms with Gasteiger partial charge in [0.15, 0.2) is 0 Å². The van der Waals surface area contributed by atoms with E-state index in [9.17, 15) is 9.59 Å². The summed E-state index contributed by atoms with van der Waals surface area (Å²) in [6, 6.07) is 7.41. The molecule has 0 unspecified atom stereocenters. The van der Waals surface area contributed by atoms with Crippen LogP contribution in [0, 0.1) is 12.3 Å². The number of aromatic nitrogens is 5. The van der Waals surface area contributed by atoms with E-state index in [0.29, 0.717) is 51.0 Å². The maximum absolute atomic E-state index is 12.6. The van der Waals surface area contributed by atoms with Gasteiger partial charge in [0.1, 0.15) is 12.3 Å². The Hall–Kier alpha value is -4.28. The zero-order valence-electron chi connectivity index (χ0n) is 23.4. The van der Waals surface area contributed by atoms with Crippen LogP contribution in [0.4, 0.5) is 0 Å². The molecule has 1 fully saturated rings. The molecule has 1 aliphatic heterocycles. The predicted octanol–water partition coefficient (Wildman–Crippen LogP) is 0.929. The Morgan fingerprint density at radius 2 is 1.66 bits per heavy atom. The second-order valence-corrected chi connectivity index (χ2v) is 9.89. The third-order valence-corrected chi connectivity index (χ3v) is 6.58. The van der Waals surface area contributed by atoms with Crippen molar-refractivity contribution in [3.63, 3.8) is 0 Å². The van der Waals surface area contributed by atoms with Crippen LogP contribution in [0.5, 0.6) is 5.75 Å². The average molecular weight is 564 g/mol. The van der Waals surface area contributed by atoms with Gasteiger partial charge in [-0.05, 0) is 63.0 Å². The molecule has 0 spiro atoms. The molecular weight excluding hydrogens is 526 g/mol. The number of benzene rings is 1. The Kier molecular flexibility index (Phi) is 11.2. The van der Waals surface area contributed by atoms with Crippen LogP contribution >= 0.6 is 0 Å². The van der Waals surface area contributed by atoms with Gasteiger partial charge in [0.25, 0.3) is 0 Å². The third-order valence-electron chi connectivity index (χ3n) is 6.58. The molecule has 0 bridgehead atoms. The first kappa shape index (κ1) is 29.7. The van der Waals surface area contributed by atoms with E-state index in [4.69, 9.17) is 15.7 Å². The molecule has 0 saturated carbocycles.